The highest BCUT2D eigenvalue weighted by Gasteiger charge is 2.22. The molecule has 2 aliphatic heterocycles. The molecule has 0 spiro atoms. The van der Waals surface area contributed by atoms with E-state index in [1.165, 1.54) is 37.2 Å². The van der Waals surface area contributed by atoms with Gasteiger partial charge >= 0.3 is 0 Å². The molecular weight excluding hydrogens is 322 g/mol. The summed E-state index contributed by atoms with van der Waals surface area (Å²) in [5.74, 6) is 0.158. The number of likely N-dealkylation sites (tertiary alicyclic amines) is 1. The van der Waals surface area contributed by atoms with Gasteiger partial charge in [0.2, 0.25) is 0 Å². The Labute approximate surface area is 156 Å². The van der Waals surface area contributed by atoms with Crippen molar-refractivity contribution in [3.63, 3.8) is 0 Å². The van der Waals surface area contributed by atoms with Crippen molar-refractivity contribution >= 4 is 11.6 Å². The lowest BCUT2D eigenvalue weighted by atomic mass is 10.1. The maximum Gasteiger partial charge on any atom is 0.253 e. The van der Waals surface area contributed by atoms with Crippen LogP contribution in [0.5, 0.6) is 0 Å². The highest BCUT2D eigenvalue weighted by atomic mass is 16.2. The van der Waals surface area contributed by atoms with E-state index in [0.29, 0.717) is 0 Å². The zero-order valence-electron chi connectivity index (χ0n) is 15.3. The first-order chi connectivity index (χ1) is 12.8. The fraction of sp³-hybridized carbons (Fsp3) is 0.409. The average molecular weight is 349 g/mol. The van der Waals surface area contributed by atoms with Crippen molar-refractivity contribution in [1.82, 2.24) is 9.80 Å². The molecule has 4 heteroatoms. The van der Waals surface area contributed by atoms with Crippen LogP contribution < -0.4 is 4.90 Å². The number of rotatable bonds is 4. The number of benzene rings is 2. The topological polar surface area (TPSA) is 26.8 Å². The second-order valence-electron chi connectivity index (χ2n) is 7.29. The molecule has 2 heterocycles. The smallest absolute Gasteiger partial charge is 0.253 e. The second kappa shape index (κ2) is 7.92. The van der Waals surface area contributed by atoms with Crippen molar-refractivity contribution in [2.45, 2.75) is 19.4 Å². The van der Waals surface area contributed by atoms with Gasteiger partial charge in [0.25, 0.3) is 5.91 Å². The van der Waals surface area contributed by atoms with Gasteiger partial charge in [-0.25, -0.2) is 0 Å². The molecule has 4 nitrogen and oxygen atoms in total. The quantitative estimate of drug-likeness (QED) is 0.848. The third-order valence-electron chi connectivity index (χ3n) is 5.49. The lowest BCUT2D eigenvalue weighted by Gasteiger charge is -2.36. The van der Waals surface area contributed by atoms with E-state index in [1.807, 2.05) is 23.1 Å². The maximum absolute atomic E-state index is 12.8. The Bertz CT molecular complexity index is 715. The second-order valence-corrected chi connectivity index (χ2v) is 7.29. The monoisotopic (exact) mass is 349 g/mol. The molecule has 2 aliphatic rings. The normalized spacial score (nSPS) is 18.3. The fourth-order valence-electron chi connectivity index (χ4n) is 3.94. The van der Waals surface area contributed by atoms with E-state index in [1.54, 1.807) is 0 Å². The molecule has 2 saturated heterocycles. The summed E-state index contributed by atoms with van der Waals surface area (Å²) in [4.78, 5) is 19.6. The van der Waals surface area contributed by atoms with E-state index >= 15 is 0 Å². The van der Waals surface area contributed by atoms with Gasteiger partial charge in [-0.1, -0.05) is 30.3 Å². The highest BCUT2D eigenvalue weighted by Crippen LogP contribution is 2.18. The van der Waals surface area contributed by atoms with Crippen LogP contribution >= 0.6 is 0 Å². The first kappa shape index (κ1) is 17.1. The number of hydrogen-bond donors (Lipinski definition) is 0. The van der Waals surface area contributed by atoms with Gasteiger partial charge in [-0.2, -0.15) is 0 Å². The van der Waals surface area contributed by atoms with Crippen LogP contribution in [-0.4, -0.2) is 55.0 Å². The molecule has 26 heavy (non-hydrogen) atoms. The molecule has 2 aromatic carbocycles. The summed E-state index contributed by atoms with van der Waals surface area (Å²) < 4.78 is 0. The minimum Gasteiger partial charge on any atom is -0.368 e. The molecule has 2 fully saturated rings. The van der Waals surface area contributed by atoms with Gasteiger partial charge in [-0.15, -0.1) is 0 Å². The van der Waals surface area contributed by atoms with Crippen molar-refractivity contribution in [2.24, 2.45) is 0 Å². The Balaban J connectivity index is 1.33. The number of carbonyl (C=O) groups excluding carboxylic acids is 1. The Morgan fingerprint density at radius 2 is 1.42 bits per heavy atom. The first-order valence-corrected chi connectivity index (χ1v) is 9.70. The number of para-hydroxylation sites is 1. The van der Waals surface area contributed by atoms with Crippen LogP contribution in [0.4, 0.5) is 5.69 Å². The predicted octanol–water partition coefficient (Wildman–Crippen LogP) is 3.24. The molecule has 136 valence electrons. The summed E-state index contributed by atoms with van der Waals surface area (Å²) in [5, 5.41) is 0. The molecule has 0 atom stereocenters. The number of nitrogens with zero attached hydrogens (tertiary/aromatic N) is 3. The third kappa shape index (κ3) is 3.91. The van der Waals surface area contributed by atoms with Crippen molar-refractivity contribution in [2.75, 3.05) is 44.2 Å². The van der Waals surface area contributed by atoms with E-state index in [9.17, 15) is 4.79 Å². The zero-order valence-corrected chi connectivity index (χ0v) is 15.3. The van der Waals surface area contributed by atoms with Crippen LogP contribution in [0, 0.1) is 0 Å². The predicted molar refractivity (Wildman–Crippen MR) is 106 cm³/mol. The van der Waals surface area contributed by atoms with Crippen LogP contribution in [0.3, 0.4) is 0 Å². The summed E-state index contributed by atoms with van der Waals surface area (Å²) in [7, 11) is 0. The van der Waals surface area contributed by atoms with Gasteiger partial charge in [0.15, 0.2) is 0 Å². The summed E-state index contributed by atoms with van der Waals surface area (Å²) in [5.41, 5.74) is 3.35. The standard InChI is InChI=1S/C22H27N3O/c26-22(20-10-8-19(9-11-20)18-23-12-4-5-13-23)25-16-14-24(15-17-25)21-6-2-1-3-7-21/h1-3,6-11H,4-5,12-18H2. The lowest BCUT2D eigenvalue weighted by Crippen LogP contribution is -2.48. The molecule has 4 rings (SSSR count). The SMILES string of the molecule is O=C(c1ccc(CN2CCCC2)cc1)N1CCN(c2ccccc2)CC1. The molecule has 0 bridgehead atoms. The molecule has 0 N–H and O–H groups in total. The molecule has 0 saturated carbocycles. The number of carbonyl (C=O) groups is 1. The van der Waals surface area contributed by atoms with E-state index in [2.05, 4.69) is 46.2 Å². The summed E-state index contributed by atoms with van der Waals surface area (Å²) >= 11 is 0. The van der Waals surface area contributed by atoms with Gasteiger partial charge in [-0.3, -0.25) is 9.69 Å². The fourth-order valence-corrected chi connectivity index (χ4v) is 3.94. The van der Waals surface area contributed by atoms with Gasteiger partial charge < -0.3 is 9.80 Å². The van der Waals surface area contributed by atoms with Crippen LogP contribution in [0.25, 0.3) is 0 Å². The number of hydrogen-bond acceptors (Lipinski definition) is 3. The van der Waals surface area contributed by atoms with Crippen molar-refractivity contribution in [1.29, 1.82) is 0 Å². The Kier molecular flexibility index (Phi) is 5.21. The lowest BCUT2D eigenvalue weighted by molar-refractivity contribution is 0.0747. The van der Waals surface area contributed by atoms with Gasteiger partial charge in [0, 0.05) is 44.0 Å². The molecule has 0 aliphatic carbocycles. The number of piperazine rings is 1. The molecule has 0 aromatic heterocycles. The Hall–Kier alpha value is -2.33. The largest absolute Gasteiger partial charge is 0.368 e. The molecule has 0 radical (unpaired) electrons. The zero-order chi connectivity index (χ0) is 17.8. The first-order valence-electron chi connectivity index (χ1n) is 9.70. The number of amides is 1. The van der Waals surface area contributed by atoms with Crippen LogP contribution in [0.1, 0.15) is 28.8 Å². The average Bonchev–Trinajstić information content (AvgIpc) is 3.22. The minimum atomic E-state index is 0.158. The van der Waals surface area contributed by atoms with Gasteiger partial charge in [0.05, 0.1) is 0 Å². The van der Waals surface area contributed by atoms with E-state index < -0.39 is 0 Å². The van der Waals surface area contributed by atoms with Gasteiger partial charge in [0.1, 0.15) is 0 Å². The van der Waals surface area contributed by atoms with Crippen molar-refractivity contribution in [3.05, 3.63) is 65.7 Å². The molecular formula is C22H27N3O. The summed E-state index contributed by atoms with van der Waals surface area (Å²) in [6.07, 6.45) is 2.62. The van der Waals surface area contributed by atoms with Crippen molar-refractivity contribution in [3.8, 4) is 0 Å². The van der Waals surface area contributed by atoms with Gasteiger partial charge in [-0.05, 0) is 55.8 Å². The summed E-state index contributed by atoms with van der Waals surface area (Å²) in [6, 6.07) is 18.7. The molecule has 0 unspecified atom stereocenters. The van der Waals surface area contributed by atoms with Crippen LogP contribution in [-0.2, 0) is 6.54 Å². The van der Waals surface area contributed by atoms with E-state index in [4.69, 9.17) is 0 Å². The van der Waals surface area contributed by atoms with Crippen LogP contribution in [0.15, 0.2) is 54.6 Å². The Morgan fingerprint density at radius 1 is 0.769 bits per heavy atom. The molecule has 2 aromatic rings. The minimum absolute atomic E-state index is 0.158. The highest BCUT2D eigenvalue weighted by molar-refractivity contribution is 5.94. The van der Waals surface area contributed by atoms with E-state index in [-0.39, 0.29) is 5.91 Å². The maximum atomic E-state index is 12.8. The Morgan fingerprint density at radius 3 is 2.08 bits per heavy atom. The van der Waals surface area contributed by atoms with Crippen LogP contribution in [0.2, 0.25) is 0 Å². The summed E-state index contributed by atoms with van der Waals surface area (Å²) in [6.45, 7) is 6.75. The third-order valence-corrected chi connectivity index (χ3v) is 5.49. The molecule has 1 amide bonds. The van der Waals surface area contributed by atoms with E-state index in [0.717, 1.165) is 38.3 Å². The van der Waals surface area contributed by atoms with Crippen molar-refractivity contribution < 1.29 is 4.79 Å². The number of anilines is 1.